The highest BCUT2D eigenvalue weighted by Gasteiger charge is 2.15. The van der Waals surface area contributed by atoms with Crippen molar-refractivity contribution in [1.29, 1.82) is 0 Å². The van der Waals surface area contributed by atoms with Crippen LogP contribution in [-0.2, 0) is 0 Å². The molecule has 3 heteroatoms. The van der Waals surface area contributed by atoms with Crippen molar-refractivity contribution < 1.29 is 9.31 Å². The third kappa shape index (κ3) is 2.67. The summed E-state index contributed by atoms with van der Waals surface area (Å²) >= 11 is 0. The largest absolute Gasteiger partial charge is 0.658 e. The molecule has 0 heterocycles. The molecule has 35 heavy (non-hydrogen) atoms. The zero-order valence-electron chi connectivity index (χ0n) is 18.8. The molecule has 0 amide bonds. The van der Waals surface area contributed by atoms with Gasteiger partial charge in [-0.1, -0.05) is 97.1 Å². The van der Waals surface area contributed by atoms with Gasteiger partial charge < -0.3 is 9.31 Å². The van der Waals surface area contributed by atoms with Gasteiger partial charge in [0.2, 0.25) is 0 Å². The second kappa shape index (κ2) is 7.00. The summed E-state index contributed by atoms with van der Waals surface area (Å²) < 4.78 is 12.2. The summed E-state index contributed by atoms with van der Waals surface area (Å²) in [6.07, 6.45) is 0. The first-order chi connectivity index (χ1) is 17.3. The van der Waals surface area contributed by atoms with Gasteiger partial charge in [-0.2, -0.15) is 0 Å². The molecular weight excluding hydrogens is 427 g/mol. The molecule has 0 aliphatic rings. The lowest BCUT2D eigenvalue weighted by Gasteiger charge is -2.16. The SMILES string of the molecule is [B](Oc1ccc2ccc3cccc4ccc1c2c34)Oc1ccc2ccc3cccc4ccc1c2c34. The lowest BCUT2D eigenvalue weighted by molar-refractivity contribution is 0.465. The van der Waals surface area contributed by atoms with E-state index in [1.54, 1.807) is 0 Å². The average molecular weight is 445 g/mol. The Morgan fingerprint density at radius 3 is 1.11 bits per heavy atom. The maximum absolute atomic E-state index is 6.11. The number of benzene rings is 8. The summed E-state index contributed by atoms with van der Waals surface area (Å²) in [5.41, 5.74) is 0. The predicted molar refractivity (Wildman–Crippen MR) is 147 cm³/mol. The van der Waals surface area contributed by atoms with E-state index in [9.17, 15) is 0 Å². The maximum atomic E-state index is 6.11. The summed E-state index contributed by atoms with van der Waals surface area (Å²) in [5, 5.41) is 14.6. The van der Waals surface area contributed by atoms with E-state index in [0.29, 0.717) is 0 Å². The number of hydrogen-bond acceptors (Lipinski definition) is 2. The van der Waals surface area contributed by atoms with Crippen molar-refractivity contribution in [2.45, 2.75) is 0 Å². The molecule has 0 saturated heterocycles. The zero-order valence-corrected chi connectivity index (χ0v) is 18.8. The Balaban J connectivity index is 1.19. The van der Waals surface area contributed by atoms with Crippen LogP contribution >= 0.6 is 0 Å². The Hall–Kier alpha value is -4.50. The van der Waals surface area contributed by atoms with E-state index in [0.717, 1.165) is 22.3 Å². The Morgan fingerprint density at radius 2 is 0.686 bits per heavy atom. The zero-order chi connectivity index (χ0) is 22.9. The van der Waals surface area contributed by atoms with Crippen molar-refractivity contribution in [2.24, 2.45) is 0 Å². The molecule has 2 nitrogen and oxygen atoms in total. The van der Waals surface area contributed by atoms with Crippen molar-refractivity contribution >= 4 is 72.3 Å². The van der Waals surface area contributed by atoms with Crippen LogP contribution in [0, 0.1) is 0 Å². The Kier molecular flexibility index (Phi) is 3.78. The van der Waals surface area contributed by atoms with Gasteiger partial charge in [0.25, 0.3) is 0 Å². The van der Waals surface area contributed by atoms with E-state index in [4.69, 9.17) is 9.31 Å². The van der Waals surface area contributed by atoms with Crippen LogP contribution in [0.4, 0.5) is 0 Å². The Labute approximate surface area is 202 Å². The van der Waals surface area contributed by atoms with Crippen LogP contribution in [0.5, 0.6) is 11.5 Å². The van der Waals surface area contributed by atoms with Crippen molar-refractivity contribution in [3.8, 4) is 11.5 Å². The summed E-state index contributed by atoms with van der Waals surface area (Å²) in [5.74, 6) is 1.57. The third-order valence-corrected chi connectivity index (χ3v) is 7.33. The molecule has 0 spiro atoms. The molecule has 0 unspecified atom stereocenters. The van der Waals surface area contributed by atoms with Crippen LogP contribution in [0.1, 0.15) is 0 Å². The van der Waals surface area contributed by atoms with E-state index in [1.165, 1.54) is 61.5 Å². The van der Waals surface area contributed by atoms with E-state index in [-0.39, 0.29) is 0 Å². The molecule has 0 aliphatic carbocycles. The molecule has 0 saturated carbocycles. The average Bonchev–Trinajstić information content (AvgIpc) is 2.91. The van der Waals surface area contributed by atoms with Crippen LogP contribution in [0.3, 0.4) is 0 Å². The number of hydrogen-bond donors (Lipinski definition) is 0. The molecule has 0 aromatic heterocycles. The van der Waals surface area contributed by atoms with Gasteiger partial charge >= 0.3 is 7.69 Å². The van der Waals surface area contributed by atoms with Gasteiger partial charge in [-0.05, 0) is 55.2 Å². The van der Waals surface area contributed by atoms with Gasteiger partial charge in [-0.25, -0.2) is 0 Å². The minimum Gasteiger partial charge on any atom is -0.526 e. The highest BCUT2D eigenvalue weighted by atomic mass is 16.6. The van der Waals surface area contributed by atoms with Crippen LogP contribution in [0.2, 0.25) is 0 Å². The van der Waals surface area contributed by atoms with Gasteiger partial charge in [0.1, 0.15) is 11.5 Å². The summed E-state index contributed by atoms with van der Waals surface area (Å²) in [6, 6.07) is 38.5. The summed E-state index contributed by atoms with van der Waals surface area (Å²) in [4.78, 5) is 0. The fraction of sp³-hybridized carbons (Fsp3) is 0. The third-order valence-electron chi connectivity index (χ3n) is 7.33. The second-order valence-electron chi connectivity index (χ2n) is 9.17. The lowest BCUT2D eigenvalue weighted by Crippen LogP contribution is -2.11. The second-order valence-corrected chi connectivity index (χ2v) is 9.17. The molecular formula is C32H18BO2. The van der Waals surface area contributed by atoms with Gasteiger partial charge in [-0.15, -0.1) is 0 Å². The van der Waals surface area contributed by atoms with Gasteiger partial charge in [-0.3, -0.25) is 0 Å². The standard InChI is InChI=1S/C32H18BO2/c1-3-19-7-9-23-13-17-27(25-15-11-21(5-1)29(19)31(23)25)34-33-35-28-18-14-24-10-8-20-4-2-6-22-12-16-26(28)32(24)30(20)22/h1-18H. The quantitative estimate of drug-likeness (QED) is 0.200. The summed E-state index contributed by atoms with van der Waals surface area (Å²) in [7, 11) is 1.46. The Bertz CT molecular complexity index is 1860. The van der Waals surface area contributed by atoms with Crippen LogP contribution in [-0.4, -0.2) is 7.69 Å². The first-order valence-electron chi connectivity index (χ1n) is 11.8. The highest BCUT2D eigenvalue weighted by molar-refractivity contribution is 6.28. The first kappa shape index (κ1) is 18.9. The molecule has 8 aromatic carbocycles. The molecule has 0 aliphatic heterocycles. The minimum absolute atomic E-state index is 0.786. The van der Waals surface area contributed by atoms with Crippen LogP contribution in [0.15, 0.2) is 109 Å². The van der Waals surface area contributed by atoms with Crippen LogP contribution < -0.4 is 9.31 Å². The van der Waals surface area contributed by atoms with Crippen molar-refractivity contribution in [3.63, 3.8) is 0 Å². The van der Waals surface area contributed by atoms with Gasteiger partial charge in [0.15, 0.2) is 0 Å². The molecule has 1 radical (unpaired) electrons. The van der Waals surface area contributed by atoms with Crippen molar-refractivity contribution in [3.05, 3.63) is 109 Å². The van der Waals surface area contributed by atoms with Crippen molar-refractivity contribution in [1.82, 2.24) is 0 Å². The smallest absolute Gasteiger partial charge is 0.526 e. The van der Waals surface area contributed by atoms with E-state index in [1.807, 2.05) is 12.1 Å². The summed E-state index contributed by atoms with van der Waals surface area (Å²) in [6.45, 7) is 0. The lowest BCUT2D eigenvalue weighted by atomic mass is 9.94. The Morgan fingerprint density at radius 1 is 0.343 bits per heavy atom. The molecule has 8 rings (SSSR count). The van der Waals surface area contributed by atoms with Gasteiger partial charge in [0, 0.05) is 21.5 Å². The molecule has 0 N–H and O–H groups in total. The van der Waals surface area contributed by atoms with Crippen molar-refractivity contribution in [2.75, 3.05) is 0 Å². The molecule has 161 valence electrons. The maximum Gasteiger partial charge on any atom is 0.658 e. The highest BCUT2D eigenvalue weighted by Crippen LogP contribution is 2.40. The fourth-order valence-corrected chi connectivity index (χ4v) is 5.75. The molecule has 0 atom stereocenters. The predicted octanol–water partition coefficient (Wildman–Crippen LogP) is 8.47. The molecule has 0 bridgehead atoms. The van der Waals surface area contributed by atoms with E-state index < -0.39 is 0 Å². The number of rotatable bonds is 4. The first-order valence-corrected chi connectivity index (χ1v) is 11.8. The van der Waals surface area contributed by atoms with Crippen LogP contribution in [0.25, 0.3) is 64.6 Å². The topological polar surface area (TPSA) is 18.5 Å². The van der Waals surface area contributed by atoms with Gasteiger partial charge in [0.05, 0.1) is 0 Å². The monoisotopic (exact) mass is 445 g/mol. The van der Waals surface area contributed by atoms with E-state index >= 15 is 0 Å². The molecule has 0 fully saturated rings. The minimum atomic E-state index is 0.786. The fourth-order valence-electron chi connectivity index (χ4n) is 5.75. The molecule has 8 aromatic rings. The van der Waals surface area contributed by atoms with E-state index in [2.05, 4.69) is 97.1 Å². The normalized spacial score (nSPS) is 12.0.